The van der Waals surface area contributed by atoms with E-state index in [1.807, 2.05) is 6.08 Å². The standard InChI is InChI=1S/C13H20N2O3/c1-13(11(16)17)7-3-6-10-15(13)12(18)14-8-4-2-5-9-14/h2,4H,3,5-10H2,1H3,(H,16,17). The summed E-state index contributed by atoms with van der Waals surface area (Å²) < 4.78 is 0. The Morgan fingerprint density at radius 3 is 2.61 bits per heavy atom. The van der Waals surface area contributed by atoms with Gasteiger partial charge in [-0.3, -0.25) is 0 Å². The quantitative estimate of drug-likeness (QED) is 0.722. The number of aliphatic carboxylic acids is 1. The van der Waals surface area contributed by atoms with Gasteiger partial charge in [-0.1, -0.05) is 12.2 Å². The van der Waals surface area contributed by atoms with Gasteiger partial charge in [0.05, 0.1) is 0 Å². The lowest BCUT2D eigenvalue weighted by molar-refractivity contribution is -0.150. The Morgan fingerprint density at radius 2 is 2.00 bits per heavy atom. The zero-order valence-electron chi connectivity index (χ0n) is 10.8. The maximum atomic E-state index is 12.4. The van der Waals surface area contributed by atoms with Crippen molar-refractivity contribution < 1.29 is 14.7 Å². The zero-order chi connectivity index (χ0) is 13.2. The van der Waals surface area contributed by atoms with Crippen LogP contribution in [0.3, 0.4) is 0 Å². The van der Waals surface area contributed by atoms with E-state index in [-0.39, 0.29) is 6.03 Å². The maximum Gasteiger partial charge on any atom is 0.329 e. The number of carbonyl (C=O) groups is 2. The van der Waals surface area contributed by atoms with E-state index in [1.165, 1.54) is 4.90 Å². The Kier molecular flexibility index (Phi) is 3.59. The highest BCUT2D eigenvalue weighted by atomic mass is 16.4. The van der Waals surface area contributed by atoms with Gasteiger partial charge in [0.15, 0.2) is 0 Å². The fourth-order valence-corrected chi connectivity index (χ4v) is 2.64. The van der Waals surface area contributed by atoms with Gasteiger partial charge in [0, 0.05) is 19.6 Å². The number of rotatable bonds is 1. The zero-order valence-corrected chi connectivity index (χ0v) is 10.8. The van der Waals surface area contributed by atoms with Gasteiger partial charge in [-0.25, -0.2) is 9.59 Å². The van der Waals surface area contributed by atoms with Crippen LogP contribution in [0.25, 0.3) is 0 Å². The van der Waals surface area contributed by atoms with Gasteiger partial charge in [-0.2, -0.15) is 0 Å². The first-order chi connectivity index (χ1) is 8.55. The first-order valence-electron chi connectivity index (χ1n) is 6.50. The van der Waals surface area contributed by atoms with Crippen molar-refractivity contribution >= 4 is 12.0 Å². The molecule has 18 heavy (non-hydrogen) atoms. The average Bonchev–Trinajstić information content (AvgIpc) is 2.39. The monoisotopic (exact) mass is 252 g/mol. The van der Waals surface area contributed by atoms with Crippen LogP contribution < -0.4 is 0 Å². The second-order valence-corrected chi connectivity index (χ2v) is 5.18. The van der Waals surface area contributed by atoms with E-state index in [0.717, 1.165) is 19.3 Å². The van der Waals surface area contributed by atoms with Crippen LogP contribution in [0.15, 0.2) is 12.2 Å². The summed E-state index contributed by atoms with van der Waals surface area (Å²) >= 11 is 0. The van der Waals surface area contributed by atoms with Crippen molar-refractivity contribution in [1.82, 2.24) is 9.80 Å². The topological polar surface area (TPSA) is 60.9 Å². The van der Waals surface area contributed by atoms with Gasteiger partial charge in [-0.15, -0.1) is 0 Å². The third-order valence-electron chi connectivity index (χ3n) is 3.91. The third-order valence-corrected chi connectivity index (χ3v) is 3.91. The highest BCUT2D eigenvalue weighted by Gasteiger charge is 2.45. The molecular weight excluding hydrogens is 232 g/mol. The Labute approximate surface area is 107 Å². The number of likely N-dealkylation sites (tertiary alicyclic amines) is 1. The molecule has 1 unspecified atom stereocenters. The maximum absolute atomic E-state index is 12.4. The van der Waals surface area contributed by atoms with E-state index in [4.69, 9.17) is 0 Å². The van der Waals surface area contributed by atoms with Crippen molar-refractivity contribution in [2.75, 3.05) is 19.6 Å². The number of carboxylic acids is 1. The summed E-state index contributed by atoms with van der Waals surface area (Å²) in [6.07, 6.45) is 7.16. The van der Waals surface area contributed by atoms with Crippen molar-refractivity contribution in [3.63, 3.8) is 0 Å². The van der Waals surface area contributed by atoms with Crippen LogP contribution >= 0.6 is 0 Å². The summed E-state index contributed by atoms with van der Waals surface area (Å²) in [6.45, 7) is 3.47. The molecule has 2 aliphatic heterocycles. The highest BCUT2D eigenvalue weighted by Crippen LogP contribution is 2.29. The summed E-state index contributed by atoms with van der Waals surface area (Å²) in [6, 6.07) is -0.135. The van der Waals surface area contributed by atoms with Crippen LogP contribution in [-0.2, 0) is 4.79 Å². The van der Waals surface area contributed by atoms with Crippen molar-refractivity contribution in [2.24, 2.45) is 0 Å². The summed E-state index contributed by atoms with van der Waals surface area (Å²) in [5.74, 6) is -0.900. The Bertz CT molecular complexity index is 380. The minimum absolute atomic E-state index is 0.135. The molecule has 1 atom stereocenters. The van der Waals surface area contributed by atoms with E-state index >= 15 is 0 Å². The van der Waals surface area contributed by atoms with Gasteiger partial charge in [-0.05, 0) is 32.6 Å². The highest BCUT2D eigenvalue weighted by molar-refractivity contribution is 5.86. The van der Waals surface area contributed by atoms with E-state index in [1.54, 1.807) is 11.8 Å². The fourth-order valence-electron chi connectivity index (χ4n) is 2.64. The molecule has 1 N–H and O–H groups in total. The summed E-state index contributed by atoms with van der Waals surface area (Å²) in [4.78, 5) is 27.1. The molecule has 0 aliphatic carbocycles. The van der Waals surface area contributed by atoms with Gasteiger partial charge in [0.2, 0.25) is 0 Å². The molecule has 2 amide bonds. The smallest absolute Gasteiger partial charge is 0.329 e. The molecule has 100 valence electrons. The molecule has 2 aliphatic rings. The summed E-state index contributed by atoms with van der Waals surface area (Å²) in [7, 11) is 0. The normalized spacial score (nSPS) is 28.3. The Morgan fingerprint density at radius 1 is 1.22 bits per heavy atom. The second kappa shape index (κ2) is 5.00. The van der Waals surface area contributed by atoms with E-state index < -0.39 is 11.5 Å². The predicted octanol–water partition coefficient (Wildman–Crippen LogP) is 1.70. The molecule has 2 heterocycles. The van der Waals surface area contributed by atoms with E-state index in [0.29, 0.717) is 26.1 Å². The van der Waals surface area contributed by atoms with Crippen molar-refractivity contribution in [1.29, 1.82) is 0 Å². The number of nitrogens with zero attached hydrogens (tertiary/aromatic N) is 2. The largest absolute Gasteiger partial charge is 0.480 e. The molecule has 0 aromatic rings. The number of urea groups is 1. The minimum atomic E-state index is -1.05. The molecule has 0 aromatic heterocycles. The second-order valence-electron chi connectivity index (χ2n) is 5.18. The summed E-state index contributed by atoms with van der Waals surface area (Å²) in [5.41, 5.74) is -1.05. The minimum Gasteiger partial charge on any atom is -0.480 e. The molecule has 1 saturated heterocycles. The van der Waals surface area contributed by atoms with Crippen molar-refractivity contribution in [3.05, 3.63) is 12.2 Å². The molecular formula is C13H20N2O3. The molecule has 1 fully saturated rings. The Hall–Kier alpha value is -1.52. The van der Waals surface area contributed by atoms with Gasteiger partial charge < -0.3 is 14.9 Å². The first kappa shape index (κ1) is 12.9. The van der Waals surface area contributed by atoms with Gasteiger partial charge in [0.25, 0.3) is 0 Å². The average molecular weight is 252 g/mol. The first-order valence-corrected chi connectivity index (χ1v) is 6.50. The van der Waals surface area contributed by atoms with Gasteiger partial charge >= 0.3 is 12.0 Å². The molecule has 0 aromatic carbocycles. The van der Waals surface area contributed by atoms with Crippen LogP contribution in [0, 0.1) is 0 Å². The molecule has 5 heteroatoms. The van der Waals surface area contributed by atoms with Crippen LogP contribution in [0.5, 0.6) is 0 Å². The number of carboxylic acid groups (broad SMARTS) is 1. The van der Waals surface area contributed by atoms with Crippen LogP contribution in [-0.4, -0.2) is 52.1 Å². The number of hydrogen-bond acceptors (Lipinski definition) is 2. The molecule has 0 bridgehead atoms. The number of carbonyl (C=O) groups excluding carboxylic acids is 1. The molecule has 0 spiro atoms. The lowest BCUT2D eigenvalue weighted by Crippen LogP contribution is -2.60. The molecule has 2 rings (SSSR count). The summed E-state index contributed by atoms with van der Waals surface area (Å²) in [5, 5.41) is 9.39. The predicted molar refractivity (Wildman–Crippen MR) is 67.3 cm³/mol. The number of hydrogen-bond donors (Lipinski definition) is 1. The van der Waals surface area contributed by atoms with Crippen molar-refractivity contribution in [3.8, 4) is 0 Å². The fraction of sp³-hybridized carbons (Fsp3) is 0.692. The third kappa shape index (κ3) is 2.21. The van der Waals surface area contributed by atoms with Crippen LogP contribution in [0.4, 0.5) is 4.79 Å². The van der Waals surface area contributed by atoms with Gasteiger partial charge in [0.1, 0.15) is 5.54 Å². The van der Waals surface area contributed by atoms with Crippen molar-refractivity contribution in [2.45, 2.75) is 38.1 Å². The molecule has 5 nitrogen and oxygen atoms in total. The molecule has 0 radical (unpaired) electrons. The van der Waals surface area contributed by atoms with E-state index in [9.17, 15) is 14.7 Å². The van der Waals surface area contributed by atoms with Crippen LogP contribution in [0.2, 0.25) is 0 Å². The lowest BCUT2D eigenvalue weighted by Gasteiger charge is -2.44. The molecule has 0 saturated carbocycles. The van der Waals surface area contributed by atoms with Crippen LogP contribution in [0.1, 0.15) is 32.6 Å². The van der Waals surface area contributed by atoms with E-state index in [2.05, 4.69) is 6.08 Å². The Balaban J connectivity index is 2.16. The number of amides is 2. The lowest BCUT2D eigenvalue weighted by atomic mass is 9.89. The number of piperidine rings is 1. The SMILES string of the molecule is CC1(C(=O)O)CCCCN1C(=O)N1CC=CCC1.